The van der Waals surface area contributed by atoms with Crippen molar-refractivity contribution in [1.29, 1.82) is 0 Å². The zero-order chi connectivity index (χ0) is 14.6. The normalized spacial score (nSPS) is 41.1. The third-order valence-corrected chi connectivity index (χ3v) is 6.68. The fraction of sp³-hybridized carbons (Fsp3) is 0.684. The van der Waals surface area contributed by atoms with Crippen LogP contribution in [0.3, 0.4) is 0 Å². The van der Waals surface area contributed by atoms with Crippen LogP contribution in [0.25, 0.3) is 0 Å². The first kappa shape index (κ1) is 13.6. The molecule has 0 aromatic heterocycles. The Bertz CT molecular complexity index is 552. The minimum Gasteiger partial charge on any atom is -0.497 e. The molecule has 2 nitrogen and oxygen atoms in total. The summed E-state index contributed by atoms with van der Waals surface area (Å²) in [5, 5.41) is 10.2. The van der Waals surface area contributed by atoms with Crippen LogP contribution < -0.4 is 4.74 Å². The average molecular weight is 286 g/mol. The smallest absolute Gasteiger partial charge is 0.119 e. The number of benzene rings is 1. The van der Waals surface area contributed by atoms with Gasteiger partial charge in [-0.15, -0.1) is 0 Å². The van der Waals surface area contributed by atoms with Gasteiger partial charge in [0.15, 0.2) is 0 Å². The molecular formula is C19H26O2. The van der Waals surface area contributed by atoms with Gasteiger partial charge in [0, 0.05) is 0 Å². The lowest BCUT2D eigenvalue weighted by Crippen LogP contribution is -2.39. The number of methoxy groups -OCH3 is 1. The van der Waals surface area contributed by atoms with Crippen LogP contribution >= 0.6 is 0 Å². The minimum atomic E-state index is -0.0592. The SMILES string of the molecule is COc1ccc2c(c1)CC[C@H]1[C@H]2CC[C@@]2(C)C[C@@H](O)C[C@@H]12. The van der Waals surface area contributed by atoms with E-state index in [9.17, 15) is 5.11 Å². The van der Waals surface area contributed by atoms with Crippen molar-refractivity contribution in [2.75, 3.05) is 7.11 Å². The number of hydrogen-bond acceptors (Lipinski definition) is 2. The highest BCUT2D eigenvalue weighted by atomic mass is 16.5. The highest BCUT2D eigenvalue weighted by molar-refractivity contribution is 5.40. The summed E-state index contributed by atoms with van der Waals surface area (Å²) in [7, 11) is 1.75. The molecule has 21 heavy (non-hydrogen) atoms. The zero-order valence-electron chi connectivity index (χ0n) is 13.1. The second-order valence-corrected chi connectivity index (χ2v) is 7.77. The third kappa shape index (κ3) is 2.03. The Labute approximate surface area is 127 Å². The molecule has 4 rings (SSSR count). The molecule has 1 N–H and O–H groups in total. The number of aryl methyl sites for hydroxylation is 1. The van der Waals surface area contributed by atoms with Gasteiger partial charge in [-0.1, -0.05) is 13.0 Å². The van der Waals surface area contributed by atoms with Crippen LogP contribution in [0, 0.1) is 17.3 Å². The number of rotatable bonds is 1. The van der Waals surface area contributed by atoms with Crippen LogP contribution in [0.4, 0.5) is 0 Å². The van der Waals surface area contributed by atoms with E-state index < -0.39 is 0 Å². The van der Waals surface area contributed by atoms with Gasteiger partial charge in [-0.2, -0.15) is 0 Å². The van der Waals surface area contributed by atoms with Crippen molar-refractivity contribution in [1.82, 2.24) is 0 Å². The Morgan fingerprint density at radius 2 is 2.14 bits per heavy atom. The molecule has 2 fully saturated rings. The summed E-state index contributed by atoms with van der Waals surface area (Å²) in [6, 6.07) is 6.67. The summed E-state index contributed by atoms with van der Waals surface area (Å²) < 4.78 is 5.38. The first-order valence-electron chi connectivity index (χ1n) is 8.45. The lowest BCUT2D eigenvalue weighted by molar-refractivity contribution is 0.0596. The summed E-state index contributed by atoms with van der Waals surface area (Å²) in [6.45, 7) is 2.42. The number of fused-ring (bicyclic) bond motifs is 5. The molecule has 0 saturated heterocycles. The second kappa shape index (κ2) is 4.74. The Balaban J connectivity index is 1.68. The number of aliphatic hydroxyl groups is 1. The molecule has 2 saturated carbocycles. The lowest BCUT2D eigenvalue weighted by atomic mass is 9.56. The summed E-state index contributed by atoms with van der Waals surface area (Å²) in [6.07, 6.45) is 7.04. The standard InChI is InChI=1S/C19H26O2/c1-19-8-7-16-15-6-4-14(21-2)9-12(15)3-5-17(16)18(19)10-13(20)11-19/h4,6,9,13,16-18,20H,3,5,7-8,10-11H2,1-2H3/t13-,16-,17-,18-,19-/m0/s1. The second-order valence-electron chi connectivity index (χ2n) is 7.77. The van der Waals surface area contributed by atoms with Crippen molar-refractivity contribution in [3.63, 3.8) is 0 Å². The average Bonchev–Trinajstić information content (AvgIpc) is 2.80. The lowest BCUT2D eigenvalue weighted by Gasteiger charge is -2.49. The molecule has 5 atom stereocenters. The van der Waals surface area contributed by atoms with Crippen LogP contribution in [0.5, 0.6) is 5.75 Å². The summed E-state index contributed by atoms with van der Waals surface area (Å²) >= 11 is 0. The van der Waals surface area contributed by atoms with E-state index in [2.05, 4.69) is 25.1 Å². The quantitative estimate of drug-likeness (QED) is 0.848. The summed E-state index contributed by atoms with van der Waals surface area (Å²) in [5.41, 5.74) is 3.46. The molecule has 3 aliphatic carbocycles. The number of hydrogen-bond donors (Lipinski definition) is 1. The van der Waals surface area contributed by atoms with Gasteiger partial charge >= 0.3 is 0 Å². The van der Waals surface area contributed by atoms with Gasteiger partial charge in [0.2, 0.25) is 0 Å². The minimum absolute atomic E-state index is 0.0592. The van der Waals surface area contributed by atoms with Gasteiger partial charge in [-0.05, 0) is 85.0 Å². The Hall–Kier alpha value is -1.02. The molecule has 0 radical (unpaired) electrons. The maximum absolute atomic E-state index is 10.2. The maximum Gasteiger partial charge on any atom is 0.119 e. The van der Waals surface area contributed by atoms with E-state index in [0.717, 1.165) is 30.4 Å². The predicted molar refractivity (Wildman–Crippen MR) is 83.6 cm³/mol. The molecule has 0 heterocycles. The molecule has 1 aromatic carbocycles. The molecule has 0 spiro atoms. The van der Waals surface area contributed by atoms with E-state index in [4.69, 9.17) is 4.74 Å². The molecule has 0 unspecified atom stereocenters. The van der Waals surface area contributed by atoms with Crippen LogP contribution in [-0.4, -0.2) is 18.3 Å². The van der Waals surface area contributed by atoms with Crippen molar-refractivity contribution in [3.8, 4) is 5.75 Å². The van der Waals surface area contributed by atoms with Crippen molar-refractivity contribution >= 4 is 0 Å². The molecule has 1 aromatic rings. The van der Waals surface area contributed by atoms with E-state index >= 15 is 0 Å². The van der Waals surface area contributed by atoms with Crippen LogP contribution in [0.2, 0.25) is 0 Å². The summed E-state index contributed by atoms with van der Waals surface area (Å²) in [4.78, 5) is 0. The van der Waals surface area contributed by atoms with Crippen LogP contribution in [0.1, 0.15) is 56.1 Å². The van der Waals surface area contributed by atoms with E-state index in [1.807, 2.05) is 0 Å². The zero-order valence-corrected chi connectivity index (χ0v) is 13.1. The van der Waals surface area contributed by atoms with Crippen molar-refractivity contribution in [2.45, 2.75) is 57.5 Å². The van der Waals surface area contributed by atoms with Gasteiger partial charge in [0.25, 0.3) is 0 Å². The van der Waals surface area contributed by atoms with Crippen molar-refractivity contribution in [2.24, 2.45) is 17.3 Å². The van der Waals surface area contributed by atoms with Gasteiger partial charge in [0.1, 0.15) is 5.75 Å². The van der Waals surface area contributed by atoms with Crippen LogP contribution in [-0.2, 0) is 6.42 Å². The number of aliphatic hydroxyl groups excluding tert-OH is 1. The van der Waals surface area contributed by atoms with Gasteiger partial charge in [0.05, 0.1) is 13.2 Å². The first-order chi connectivity index (χ1) is 10.1. The van der Waals surface area contributed by atoms with Gasteiger partial charge < -0.3 is 9.84 Å². The van der Waals surface area contributed by atoms with Gasteiger partial charge in [-0.25, -0.2) is 0 Å². The number of ether oxygens (including phenoxy) is 1. The van der Waals surface area contributed by atoms with E-state index in [-0.39, 0.29) is 6.10 Å². The fourth-order valence-corrected chi connectivity index (χ4v) is 5.71. The fourth-order valence-electron chi connectivity index (χ4n) is 5.71. The molecule has 114 valence electrons. The Morgan fingerprint density at radius 3 is 2.95 bits per heavy atom. The van der Waals surface area contributed by atoms with Crippen LogP contribution in [0.15, 0.2) is 18.2 Å². The Morgan fingerprint density at radius 1 is 1.29 bits per heavy atom. The van der Waals surface area contributed by atoms with E-state index in [0.29, 0.717) is 11.3 Å². The monoisotopic (exact) mass is 286 g/mol. The molecule has 0 aliphatic heterocycles. The highest BCUT2D eigenvalue weighted by Crippen LogP contribution is 2.60. The highest BCUT2D eigenvalue weighted by Gasteiger charge is 2.52. The van der Waals surface area contributed by atoms with E-state index in [1.54, 1.807) is 12.7 Å². The van der Waals surface area contributed by atoms with Crippen molar-refractivity contribution < 1.29 is 9.84 Å². The third-order valence-electron chi connectivity index (χ3n) is 6.68. The molecule has 0 amide bonds. The predicted octanol–water partition coefficient (Wildman–Crippen LogP) is 3.91. The summed E-state index contributed by atoms with van der Waals surface area (Å²) in [5.74, 6) is 3.20. The first-order valence-corrected chi connectivity index (χ1v) is 8.45. The molecule has 3 aliphatic rings. The van der Waals surface area contributed by atoms with E-state index in [1.165, 1.54) is 31.2 Å². The Kier molecular flexibility index (Phi) is 3.08. The topological polar surface area (TPSA) is 29.5 Å². The molecule has 0 bridgehead atoms. The largest absolute Gasteiger partial charge is 0.497 e. The van der Waals surface area contributed by atoms with Crippen molar-refractivity contribution in [3.05, 3.63) is 29.3 Å². The molecule has 2 heteroatoms. The molecular weight excluding hydrogens is 260 g/mol. The maximum atomic E-state index is 10.2. The van der Waals surface area contributed by atoms with Gasteiger partial charge in [-0.3, -0.25) is 0 Å².